The molecule has 360 valence electrons. The Hall–Kier alpha value is -1.60. The van der Waals surface area contributed by atoms with E-state index in [0.29, 0.717) is 25.7 Å². The molecule has 24 atom stereocenters. The van der Waals surface area contributed by atoms with Crippen LogP contribution in [0.1, 0.15) is 85.5 Å². The van der Waals surface area contributed by atoms with Crippen molar-refractivity contribution in [2.24, 2.45) is 46.3 Å². The van der Waals surface area contributed by atoms with Crippen molar-refractivity contribution in [3.05, 3.63) is 11.6 Å². The van der Waals surface area contributed by atoms with Crippen LogP contribution in [0.3, 0.4) is 0 Å². The highest BCUT2D eigenvalue weighted by molar-refractivity contribution is 5.92. The maximum absolute atomic E-state index is 14.0. The fraction of sp³-hybridized carbons (Fsp3) is 0.909. The van der Waals surface area contributed by atoms with Crippen LogP contribution in [0.25, 0.3) is 0 Å². The minimum absolute atomic E-state index is 0.00602. The van der Waals surface area contributed by atoms with E-state index in [1.165, 1.54) is 5.57 Å². The summed E-state index contributed by atoms with van der Waals surface area (Å²) in [5.41, 5.74) is 0.659. The smallest absolute Gasteiger partial charge is 0.189 e. The fourth-order valence-corrected chi connectivity index (χ4v) is 12.4. The van der Waals surface area contributed by atoms with Crippen LogP contribution in [-0.4, -0.2) is 186 Å². The van der Waals surface area contributed by atoms with Crippen molar-refractivity contribution in [2.75, 3.05) is 19.8 Å². The number of carbonyl (C=O) groups excluding carboxylic acids is 2. The molecule has 19 heteroatoms. The van der Waals surface area contributed by atoms with Gasteiger partial charge in [-0.2, -0.15) is 0 Å². The van der Waals surface area contributed by atoms with E-state index in [1.54, 1.807) is 0 Å². The van der Waals surface area contributed by atoms with Crippen LogP contribution in [0.4, 0.5) is 0 Å². The first-order chi connectivity index (χ1) is 29.7. The molecule has 0 bridgehead atoms. The van der Waals surface area contributed by atoms with Crippen LogP contribution in [0.2, 0.25) is 0 Å². The SMILES string of the molecule is C[C@H](CCC(=O)[C@@H](C)[C@H]1C(=O)C[C@H]2[C@@H]3CC=C4CC(O[C@@H]5OC(CO)[C@@H](O)C(O)[C@@H]5O[C@@H]5OC(O)[C@H](O)C(O)[C@@H]5O)CC[C@]4(C)[C@H]3CC[C@]12C)CO[C@@H]1OC(CO)[C@@H](O)C(O)[C@@H]1O. The normalized spacial score (nSPS) is 49.9. The zero-order valence-electron chi connectivity index (χ0n) is 36.4. The number of allylic oxidation sites excluding steroid dienone is 1. The lowest BCUT2D eigenvalue weighted by Crippen LogP contribution is -2.64. The Morgan fingerprint density at radius 3 is 2.06 bits per heavy atom. The Balaban J connectivity index is 0.964. The lowest BCUT2D eigenvalue weighted by atomic mass is 9.47. The second kappa shape index (κ2) is 19.6. The molecular formula is C44H70O19. The van der Waals surface area contributed by atoms with Crippen molar-refractivity contribution in [3.8, 4) is 0 Å². The number of aliphatic hydroxyl groups excluding tert-OH is 11. The second-order valence-electron chi connectivity index (χ2n) is 20.1. The standard InChI is InChI=1S/C44H70O19/c1-18(17-58-40-36(55)32(51)30(49)27(15-45)60-40)5-8-25(47)19(2)29-26(48)14-24-22-7-6-20-13-21(9-11-43(20,3)23(22)10-12-44(24,29)4)59-42-38(34(53)31(50)28(16-46)61-42)62-41-37(56)33(52)35(54)39(57)63-41/h6,18-19,21-24,27-42,45-46,49-57H,5,7-17H2,1-4H3/t18-,19-,21?,22-,23+,24+,27?,28?,29+,30-,31-,32?,33?,34?,35-,36+,37+,38+,39?,40-,41-,42-,43+,44+/m1/s1. The van der Waals surface area contributed by atoms with E-state index in [-0.39, 0.29) is 59.1 Å². The van der Waals surface area contributed by atoms with Gasteiger partial charge in [-0.25, -0.2) is 0 Å². The Kier molecular flexibility index (Phi) is 15.3. The average molecular weight is 903 g/mol. The number of ether oxygens (including phenoxy) is 6. The number of hydrogen-bond acceptors (Lipinski definition) is 19. The third kappa shape index (κ3) is 9.23. The summed E-state index contributed by atoms with van der Waals surface area (Å²) < 4.78 is 34.4. The van der Waals surface area contributed by atoms with E-state index in [9.17, 15) is 65.8 Å². The van der Waals surface area contributed by atoms with E-state index in [2.05, 4.69) is 19.9 Å². The van der Waals surface area contributed by atoms with Crippen LogP contribution in [0, 0.1) is 46.3 Å². The number of aliphatic hydroxyl groups is 11. The minimum Gasteiger partial charge on any atom is -0.394 e. The number of rotatable bonds is 14. The Morgan fingerprint density at radius 2 is 1.38 bits per heavy atom. The van der Waals surface area contributed by atoms with Gasteiger partial charge in [-0.1, -0.05) is 39.3 Å². The highest BCUT2D eigenvalue weighted by Gasteiger charge is 2.63. The van der Waals surface area contributed by atoms with Gasteiger partial charge in [0.05, 0.1) is 25.9 Å². The molecule has 4 aliphatic carbocycles. The zero-order valence-corrected chi connectivity index (χ0v) is 36.4. The van der Waals surface area contributed by atoms with Gasteiger partial charge in [0.15, 0.2) is 25.2 Å². The summed E-state index contributed by atoms with van der Waals surface area (Å²) in [4.78, 5) is 27.8. The number of Topliss-reactive ketones (excluding diaryl/α,β-unsaturated/α-hetero) is 2. The van der Waals surface area contributed by atoms with Crippen molar-refractivity contribution in [1.29, 1.82) is 0 Å². The minimum atomic E-state index is -1.91. The summed E-state index contributed by atoms with van der Waals surface area (Å²) in [6.45, 7) is 7.11. The first-order valence-corrected chi connectivity index (χ1v) is 22.7. The Morgan fingerprint density at radius 1 is 0.746 bits per heavy atom. The van der Waals surface area contributed by atoms with Gasteiger partial charge in [-0.15, -0.1) is 0 Å². The summed E-state index contributed by atoms with van der Waals surface area (Å²) >= 11 is 0. The molecule has 0 aromatic heterocycles. The molecule has 6 fully saturated rings. The largest absolute Gasteiger partial charge is 0.394 e. The molecule has 0 aromatic rings. The molecule has 0 aromatic carbocycles. The molecule has 0 amide bonds. The molecule has 11 N–H and O–H groups in total. The highest BCUT2D eigenvalue weighted by atomic mass is 16.8. The summed E-state index contributed by atoms with van der Waals surface area (Å²) in [5.74, 6) is -0.258. The number of ketones is 2. The van der Waals surface area contributed by atoms with Gasteiger partial charge in [0.25, 0.3) is 0 Å². The average Bonchev–Trinajstić information content (AvgIpc) is 3.54. The monoisotopic (exact) mass is 902 g/mol. The number of carbonyl (C=O) groups is 2. The van der Waals surface area contributed by atoms with Crippen LogP contribution in [0.15, 0.2) is 11.6 Å². The first kappa shape index (κ1) is 49.3. The molecule has 0 radical (unpaired) electrons. The highest BCUT2D eigenvalue weighted by Crippen LogP contribution is 2.66. The fourth-order valence-electron chi connectivity index (χ4n) is 12.4. The Bertz CT molecular complexity index is 1630. The molecule has 0 spiro atoms. The van der Waals surface area contributed by atoms with Crippen LogP contribution in [0.5, 0.6) is 0 Å². The molecule has 7 rings (SSSR count). The zero-order chi connectivity index (χ0) is 45.9. The quantitative estimate of drug-likeness (QED) is 0.0853. The first-order valence-electron chi connectivity index (χ1n) is 22.7. The van der Waals surface area contributed by atoms with Gasteiger partial charge in [-0.05, 0) is 79.4 Å². The molecule has 7 unspecified atom stereocenters. The molecule has 3 aliphatic heterocycles. The van der Waals surface area contributed by atoms with Gasteiger partial charge in [0, 0.05) is 24.7 Å². The van der Waals surface area contributed by atoms with Crippen molar-refractivity contribution in [3.63, 3.8) is 0 Å². The number of fused-ring (bicyclic) bond motifs is 5. The van der Waals surface area contributed by atoms with Crippen molar-refractivity contribution >= 4 is 11.6 Å². The van der Waals surface area contributed by atoms with E-state index < -0.39 is 123 Å². The van der Waals surface area contributed by atoms with Crippen molar-refractivity contribution in [2.45, 2.75) is 184 Å². The predicted molar refractivity (Wildman–Crippen MR) is 214 cm³/mol. The van der Waals surface area contributed by atoms with Gasteiger partial charge in [0.2, 0.25) is 0 Å². The lowest BCUT2D eigenvalue weighted by Gasteiger charge is -2.58. The van der Waals surface area contributed by atoms with Crippen molar-refractivity contribution in [1.82, 2.24) is 0 Å². The van der Waals surface area contributed by atoms with E-state index in [0.717, 1.165) is 25.7 Å². The van der Waals surface area contributed by atoms with Gasteiger partial charge >= 0.3 is 0 Å². The summed E-state index contributed by atoms with van der Waals surface area (Å²) in [6, 6.07) is 0. The van der Waals surface area contributed by atoms with E-state index in [1.807, 2.05) is 13.8 Å². The van der Waals surface area contributed by atoms with Crippen LogP contribution >= 0.6 is 0 Å². The Labute approximate surface area is 366 Å². The summed E-state index contributed by atoms with van der Waals surface area (Å²) in [5, 5.41) is 112. The van der Waals surface area contributed by atoms with Crippen LogP contribution in [-0.2, 0) is 38.0 Å². The summed E-state index contributed by atoms with van der Waals surface area (Å²) in [7, 11) is 0. The lowest BCUT2D eigenvalue weighted by molar-refractivity contribution is -0.388. The molecule has 7 aliphatic rings. The van der Waals surface area contributed by atoms with Gasteiger partial charge in [0.1, 0.15) is 78.7 Å². The van der Waals surface area contributed by atoms with E-state index >= 15 is 0 Å². The molecule has 3 heterocycles. The van der Waals surface area contributed by atoms with Crippen molar-refractivity contribution < 1.29 is 94.2 Å². The molecule has 19 nitrogen and oxygen atoms in total. The second-order valence-corrected chi connectivity index (χ2v) is 20.1. The summed E-state index contributed by atoms with van der Waals surface area (Å²) in [6.07, 6.45) is -16.2. The van der Waals surface area contributed by atoms with Crippen LogP contribution < -0.4 is 0 Å². The van der Waals surface area contributed by atoms with E-state index in [4.69, 9.17) is 28.4 Å². The molecule has 3 saturated heterocycles. The van der Waals surface area contributed by atoms with Gasteiger partial charge in [-0.3, -0.25) is 9.59 Å². The maximum Gasteiger partial charge on any atom is 0.189 e. The molecule has 63 heavy (non-hydrogen) atoms. The third-order valence-corrected chi connectivity index (χ3v) is 16.2. The molecular weight excluding hydrogens is 832 g/mol. The topological polar surface area (TPSA) is 312 Å². The number of hydrogen-bond donors (Lipinski definition) is 11. The predicted octanol–water partition coefficient (Wildman–Crippen LogP) is -1.85. The van der Waals surface area contributed by atoms with Gasteiger partial charge < -0.3 is 84.6 Å². The third-order valence-electron chi connectivity index (χ3n) is 16.2. The maximum atomic E-state index is 14.0. The molecule has 3 saturated carbocycles.